The lowest BCUT2D eigenvalue weighted by Gasteiger charge is -2.33. The van der Waals surface area contributed by atoms with E-state index in [0.29, 0.717) is 31.4 Å². The van der Waals surface area contributed by atoms with Gasteiger partial charge in [-0.1, -0.05) is 31.0 Å². The first-order valence-electron chi connectivity index (χ1n) is 12.5. The van der Waals surface area contributed by atoms with Crippen LogP contribution in [0.4, 0.5) is 5.69 Å². The van der Waals surface area contributed by atoms with Gasteiger partial charge in [-0.15, -0.1) is 0 Å². The van der Waals surface area contributed by atoms with E-state index >= 15 is 0 Å². The standard InChI is InChI=1S/C26H35N3O7/c1-16(2)27-21(30)13-18(24(34)35)14-26(11-5-6-12-26)25(36)28-19-10-9-17-7-3-4-8-20(17)29(23(19)33)15-22(31)32/h3-4,7-8,16,18-19H,5-6,9-15H2,1-2H3,(H,27,30)(H,28,36)(H,31,32)(H,34,35). The summed E-state index contributed by atoms with van der Waals surface area (Å²) in [5.41, 5.74) is 0.332. The second-order valence-corrected chi connectivity index (χ2v) is 10.2. The molecule has 1 fully saturated rings. The van der Waals surface area contributed by atoms with E-state index in [1.807, 2.05) is 12.1 Å². The molecule has 2 unspecified atom stereocenters. The first-order chi connectivity index (χ1) is 17.0. The first-order valence-corrected chi connectivity index (χ1v) is 12.5. The summed E-state index contributed by atoms with van der Waals surface area (Å²) < 4.78 is 0. The van der Waals surface area contributed by atoms with Crippen LogP contribution in [0.2, 0.25) is 0 Å². The Morgan fingerprint density at radius 3 is 2.39 bits per heavy atom. The van der Waals surface area contributed by atoms with Crippen LogP contribution in [0.1, 0.15) is 64.4 Å². The lowest BCUT2D eigenvalue weighted by molar-refractivity contribution is -0.147. The van der Waals surface area contributed by atoms with E-state index in [2.05, 4.69) is 10.6 Å². The van der Waals surface area contributed by atoms with E-state index in [1.165, 1.54) is 4.90 Å². The monoisotopic (exact) mass is 501 g/mol. The number of aliphatic carboxylic acids is 2. The minimum absolute atomic E-state index is 0.000339. The molecule has 3 amide bonds. The highest BCUT2D eigenvalue weighted by Crippen LogP contribution is 2.44. The number of para-hydroxylation sites is 1. The largest absolute Gasteiger partial charge is 0.481 e. The quantitative estimate of drug-likeness (QED) is 0.383. The van der Waals surface area contributed by atoms with Gasteiger partial charge in [0.25, 0.3) is 0 Å². The Morgan fingerprint density at radius 1 is 1.11 bits per heavy atom. The maximum absolute atomic E-state index is 13.6. The maximum Gasteiger partial charge on any atom is 0.323 e. The van der Waals surface area contributed by atoms with Crippen molar-refractivity contribution < 1.29 is 34.2 Å². The van der Waals surface area contributed by atoms with Crippen LogP contribution >= 0.6 is 0 Å². The van der Waals surface area contributed by atoms with E-state index in [4.69, 9.17) is 0 Å². The number of anilines is 1. The summed E-state index contributed by atoms with van der Waals surface area (Å²) in [7, 11) is 0. The second-order valence-electron chi connectivity index (χ2n) is 10.2. The fourth-order valence-electron chi connectivity index (χ4n) is 5.36. The number of nitrogens with one attached hydrogen (secondary N) is 2. The molecule has 4 N–H and O–H groups in total. The lowest BCUT2D eigenvalue weighted by Crippen LogP contribution is -2.53. The van der Waals surface area contributed by atoms with Gasteiger partial charge >= 0.3 is 11.9 Å². The van der Waals surface area contributed by atoms with Gasteiger partial charge in [-0.2, -0.15) is 0 Å². The molecule has 1 aliphatic carbocycles. The molecule has 0 bridgehead atoms. The van der Waals surface area contributed by atoms with Gasteiger partial charge in [-0.05, 0) is 57.6 Å². The smallest absolute Gasteiger partial charge is 0.323 e. The van der Waals surface area contributed by atoms with Crippen LogP contribution in [0.5, 0.6) is 0 Å². The molecular weight excluding hydrogens is 466 g/mol. The molecule has 0 spiro atoms. The van der Waals surface area contributed by atoms with Gasteiger partial charge in [0.15, 0.2) is 0 Å². The Kier molecular flexibility index (Phi) is 8.70. The molecule has 1 heterocycles. The van der Waals surface area contributed by atoms with Crippen LogP contribution in [-0.2, 0) is 30.4 Å². The van der Waals surface area contributed by atoms with Crippen LogP contribution in [-0.4, -0.2) is 58.5 Å². The molecule has 1 saturated carbocycles. The third-order valence-corrected chi connectivity index (χ3v) is 7.06. The molecule has 36 heavy (non-hydrogen) atoms. The summed E-state index contributed by atoms with van der Waals surface area (Å²) in [6, 6.07) is 6.01. The molecule has 10 heteroatoms. The van der Waals surface area contributed by atoms with Gasteiger partial charge in [0.1, 0.15) is 12.6 Å². The normalized spacial score (nSPS) is 19.8. The van der Waals surface area contributed by atoms with Crippen molar-refractivity contribution in [2.75, 3.05) is 11.4 Å². The Hall–Kier alpha value is -3.43. The molecule has 0 radical (unpaired) electrons. The number of amides is 3. The molecule has 0 aromatic heterocycles. The maximum atomic E-state index is 13.6. The van der Waals surface area contributed by atoms with E-state index in [-0.39, 0.29) is 24.8 Å². The van der Waals surface area contributed by atoms with Crippen molar-refractivity contribution in [3.8, 4) is 0 Å². The van der Waals surface area contributed by atoms with Gasteiger partial charge in [-0.3, -0.25) is 28.9 Å². The fourth-order valence-corrected chi connectivity index (χ4v) is 5.36. The molecule has 2 atom stereocenters. The van der Waals surface area contributed by atoms with Crippen molar-refractivity contribution in [3.05, 3.63) is 29.8 Å². The number of carboxylic acid groups (broad SMARTS) is 2. The van der Waals surface area contributed by atoms with E-state index in [0.717, 1.165) is 18.4 Å². The molecule has 1 aromatic carbocycles. The number of hydrogen-bond acceptors (Lipinski definition) is 5. The number of carboxylic acids is 2. The molecule has 1 aromatic rings. The molecule has 0 saturated heterocycles. The average molecular weight is 502 g/mol. The summed E-state index contributed by atoms with van der Waals surface area (Å²) in [4.78, 5) is 64.0. The van der Waals surface area contributed by atoms with Crippen molar-refractivity contribution in [3.63, 3.8) is 0 Å². The number of aryl methyl sites for hydroxylation is 1. The van der Waals surface area contributed by atoms with Crippen molar-refractivity contribution in [2.45, 2.75) is 77.3 Å². The van der Waals surface area contributed by atoms with Crippen molar-refractivity contribution in [1.82, 2.24) is 10.6 Å². The molecule has 10 nitrogen and oxygen atoms in total. The first kappa shape index (κ1) is 27.2. The van der Waals surface area contributed by atoms with Gasteiger partial charge in [-0.25, -0.2) is 0 Å². The molecule has 2 aliphatic rings. The van der Waals surface area contributed by atoms with Crippen molar-refractivity contribution >= 4 is 35.3 Å². The minimum Gasteiger partial charge on any atom is -0.481 e. The molecule has 1 aliphatic heterocycles. The fraction of sp³-hybridized carbons (Fsp3) is 0.577. The Balaban J connectivity index is 1.80. The number of carbonyl (C=O) groups excluding carboxylic acids is 3. The number of fused-ring (bicyclic) bond motifs is 1. The lowest BCUT2D eigenvalue weighted by atomic mass is 9.75. The summed E-state index contributed by atoms with van der Waals surface area (Å²) in [6.45, 7) is 3.05. The summed E-state index contributed by atoms with van der Waals surface area (Å²) in [5.74, 6) is -4.63. The Bertz CT molecular complexity index is 1020. The number of nitrogens with zero attached hydrogens (tertiary/aromatic N) is 1. The SMILES string of the molecule is CC(C)NC(=O)CC(CC1(C(=O)NC2CCc3ccccc3N(CC(=O)O)C2=O)CCCC1)C(=O)O. The highest BCUT2D eigenvalue weighted by Gasteiger charge is 2.46. The average Bonchev–Trinajstić information content (AvgIpc) is 3.24. The predicted molar refractivity (Wildman–Crippen MR) is 131 cm³/mol. The second kappa shape index (κ2) is 11.5. The van der Waals surface area contributed by atoms with Crippen molar-refractivity contribution in [1.29, 1.82) is 0 Å². The zero-order valence-electron chi connectivity index (χ0n) is 20.8. The van der Waals surface area contributed by atoms with Crippen LogP contribution in [0, 0.1) is 11.3 Å². The zero-order chi connectivity index (χ0) is 26.5. The zero-order valence-corrected chi connectivity index (χ0v) is 20.8. The third-order valence-electron chi connectivity index (χ3n) is 7.06. The number of benzene rings is 1. The van der Waals surface area contributed by atoms with Crippen molar-refractivity contribution in [2.24, 2.45) is 11.3 Å². The molecular formula is C26H35N3O7. The van der Waals surface area contributed by atoms with Gasteiger partial charge < -0.3 is 20.8 Å². The number of hydrogen-bond donors (Lipinski definition) is 4. The Morgan fingerprint density at radius 2 is 1.78 bits per heavy atom. The predicted octanol–water partition coefficient (Wildman–Crippen LogP) is 2.10. The van der Waals surface area contributed by atoms with Crippen LogP contribution in [0.25, 0.3) is 0 Å². The summed E-state index contributed by atoms with van der Waals surface area (Å²) >= 11 is 0. The highest BCUT2D eigenvalue weighted by molar-refractivity contribution is 6.03. The Labute approximate surface area is 210 Å². The third kappa shape index (κ3) is 6.41. The van der Waals surface area contributed by atoms with E-state index in [1.54, 1.807) is 26.0 Å². The van der Waals surface area contributed by atoms with E-state index in [9.17, 15) is 34.2 Å². The summed E-state index contributed by atoms with van der Waals surface area (Å²) in [5, 5.41) is 24.7. The van der Waals surface area contributed by atoms with Gasteiger partial charge in [0, 0.05) is 18.2 Å². The van der Waals surface area contributed by atoms with Gasteiger partial charge in [0.05, 0.1) is 11.3 Å². The van der Waals surface area contributed by atoms with Crippen LogP contribution < -0.4 is 15.5 Å². The number of carbonyl (C=O) groups is 5. The van der Waals surface area contributed by atoms with E-state index < -0.39 is 47.7 Å². The molecule has 196 valence electrons. The molecule has 3 rings (SSSR count). The highest BCUT2D eigenvalue weighted by atomic mass is 16.4. The van der Waals surface area contributed by atoms with Crippen LogP contribution in [0.3, 0.4) is 0 Å². The summed E-state index contributed by atoms with van der Waals surface area (Å²) in [6.07, 6.45) is 2.96. The topological polar surface area (TPSA) is 153 Å². The van der Waals surface area contributed by atoms with Crippen LogP contribution in [0.15, 0.2) is 24.3 Å². The minimum atomic E-state index is -1.17. The number of rotatable bonds is 10. The van der Waals surface area contributed by atoms with Gasteiger partial charge in [0.2, 0.25) is 17.7 Å².